The van der Waals surface area contributed by atoms with Gasteiger partial charge in [0.2, 0.25) is 0 Å². The zero-order chi connectivity index (χ0) is 13.1. The van der Waals surface area contributed by atoms with Crippen LogP contribution in [0.1, 0.15) is 10.6 Å². The summed E-state index contributed by atoms with van der Waals surface area (Å²) in [7, 11) is 1.94. The summed E-state index contributed by atoms with van der Waals surface area (Å²) >= 11 is 13.3. The normalized spacial score (nSPS) is 10.7. The number of nitrogens with zero attached hydrogens (tertiary/aromatic N) is 2. The Morgan fingerprint density at radius 3 is 2.67 bits per heavy atom. The van der Waals surface area contributed by atoms with E-state index in [1.165, 1.54) is 0 Å². The summed E-state index contributed by atoms with van der Waals surface area (Å²) in [5.41, 5.74) is 0.491. The molecule has 0 atom stereocenters. The Balaban J connectivity index is 2.15. The molecule has 0 radical (unpaired) electrons. The number of hydrogen-bond donors (Lipinski definition) is 1. The van der Waals surface area contributed by atoms with Crippen LogP contribution < -0.4 is 4.90 Å². The standard InChI is InChI=1S/C12H12Cl2N2OS/c1-16(6-8-2-4-11(14)18-8)12-5-3-9(13)10(7-17)15-12/h2-5,17H,6-7H2,1H3. The van der Waals surface area contributed by atoms with Crippen LogP contribution in [0.25, 0.3) is 0 Å². The van der Waals surface area contributed by atoms with Gasteiger partial charge in [0.25, 0.3) is 0 Å². The molecule has 3 nitrogen and oxygen atoms in total. The third kappa shape index (κ3) is 3.14. The van der Waals surface area contributed by atoms with Crippen LogP contribution in [0.2, 0.25) is 9.36 Å². The first-order chi connectivity index (χ1) is 8.60. The lowest BCUT2D eigenvalue weighted by molar-refractivity contribution is 0.277. The van der Waals surface area contributed by atoms with E-state index in [1.54, 1.807) is 17.4 Å². The Bertz CT molecular complexity index is 545. The maximum absolute atomic E-state index is 9.14. The van der Waals surface area contributed by atoms with Crippen molar-refractivity contribution in [2.24, 2.45) is 0 Å². The molecule has 6 heteroatoms. The smallest absolute Gasteiger partial charge is 0.129 e. The summed E-state index contributed by atoms with van der Waals surface area (Å²) in [4.78, 5) is 7.45. The fourth-order valence-electron chi connectivity index (χ4n) is 1.55. The summed E-state index contributed by atoms with van der Waals surface area (Å²) < 4.78 is 0.776. The first kappa shape index (κ1) is 13.6. The van der Waals surface area contributed by atoms with Gasteiger partial charge < -0.3 is 10.0 Å². The van der Waals surface area contributed by atoms with Gasteiger partial charge in [-0.15, -0.1) is 11.3 Å². The molecule has 2 aromatic heterocycles. The Hall–Kier alpha value is -0.810. The maximum Gasteiger partial charge on any atom is 0.129 e. The van der Waals surface area contributed by atoms with Gasteiger partial charge in [-0.3, -0.25) is 0 Å². The van der Waals surface area contributed by atoms with Crippen LogP contribution in [0.4, 0.5) is 5.82 Å². The summed E-state index contributed by atoms with van der Waals surface area (Å²) in [5.74, 6) is 0.771. The van der Waals surface area contributed by atoms with Crippen LogP contribution in [0.15, 0.2) is 24.3 Å². The molecule has 0 aliphatic carbocycles. The van der Waals surface area contributed by atoms with E-state index in [4.69, 9.17) is 28.3 Å². The van der Waals surface area contributed by atoms with Crippen LogP contribution in [0, 0.1) is 0 Å². The number of aliphatic hydroxyl groups excluding tert-OH is 1. The van der Waals surface area contributed by atoms with Crippen LogP contribution in [-0.4, -0.2) is 17.1 Å². The average Bonchev–Trinajstić information content (AvgIpc) is 2.75. The first-order valence-electron chi connectivity index (χ1n) is 5.32. The fourth-order valence-corrected chi connectivity index (χ4v) is 2.85. The maximum atomic E-state index is 9.14. The molecular weight excluding hydrogens is 291 g/mol. The quantitative estimate of drug-likeness (QED) is 0.938. The zero-order valence-corrected chi connectivity index (χ0v) is 12.1. The van der Waals surface area contributed by atoms with E-state index >= 15 is 0 Å². The first-order valence-corrected chi connectivity index (χ1v) is 6.89. The van der Waals surface area contributed by atoms with Crippen molar-refractivity contribution in [3.63, 3.8) is 0 Å². The topological polar surface area (TPSA) is 36.4 Å². The van der Waals surface area contributed by atoms with Crippen molar-refractivity contribution in [3.8, 4) is 0 Å². The molecule has 0 aromatic carbocycles. The number of anilines is 1. The number of aliphatic hydroxyl groups is 1. The van der Waals surface area contributed by atoms with Gasteiger partial charge in [-0.05, 0) is 24.3 Å². The largest absolute Gasteiger partial charge is 0.390 e. The van der Waals surface area contributed by atoms with Crippen molar-refractivity contribution >= 4 is 40.4 Å². The van der Waals surface area contributed by atoms with Crippen molar-refractivity contribution in [1.29, 1.82) is 0 Å². The van der Waals surface area contributed by atoms with Crippen molar-refractivity contribution in [3.05, 3.63) is 44.2 Å². The molecule has 0 spiro atoms. The molecule has 0 aliphatic rings. The van der Waals surface area contributed by atoms with Crippen LogP contribution >= 0.6 is 34.5 Å². The van der Waals surface area contributed by atoms with Gasteiger partial charge in [-0.25, -0.2) is 4.98 Å². The Kier molecular flexibility index (Phi) is 4.45. The molecule has 96 valence electrons. The zero-order valence-electron chi connectivity index (χ0n) is 9.73. The molecule has 0 bridgehead atoms. The second kappa shape index (κ2) is 5.89. The van der Waals surface area contributed by atoms with Crippen LogP contribution in [0.3, 0.4) is 0 Å². The molecule has 2 heterocycles. The van der Waals surface area contributed by atoms with Gasteiger partial charge in [0, 0.05) is 11.9 Å². The molecule has 0 unspecified atom stereocenters. The molecule has 2 rings (SSSR count). The minimum absolute atomic E-state index is 0.161. The molecule has 0 amide bonds. The van der Waals surface area contributed by atoms with Crippen molar-refractivity contribution in [2.45, 2.75) is 13.2 Å². The number of rotatable bonds is 4. The second-order valence-corrected chi connectivity index (χ2v) is 6.02. The van der Waals surface area contributed by atoms with E-state index < -0.39 is 0 Å². The van der Waals surface area contributed by atoms with Gasteiger partial charge in [0.1, 0.15) is 5.82 Å². The third-order valence-electron chi connectivity index (χ3n) is 2.47. The molecule has 2 aromatic rings. The van der Waals surface area contributed by atoms with Crippen molar-refractivity contribution in [2.75, 3.05) is 11.9 Å². The van der Waals surface area contributed by atoms with E-state index in [2.05, 4.69) is 4.98 Å². The summed E-state index contributed by atoms with van der Waals surface area (Å²) in [6.45, 7) is 0.558. The highest BCUT2D eigenvalue weighted by atomic mass is 35.5. The molecular formula is C12H12Cl2N2OS. The second-order valence-electron chi connectivity index (χ2n) is 3.82. The Labute approximate surface area is 120 Å². The van der Waals surface area contributed by atoms with Gasteiger partial charge in [0.15, 0.2) is 0 Å². The van der Waals surface area contributed by atoms with Gasteiger partial charge in [-0.2, -0.15) is 0 Å². The number of aromatic nitrogens is 1. The van der Waals surface area contributed by atoms with E-state index in [0.29, 0.717) is 10.7 Å². The number of halogens is 2. The fraction of sp³-hybridized carbons (Fsp3) is 0.250. The third-order valence-corrected chi connectivity index (χ3v) is 4.03. The Morgan fingerprint density at radius 2 is 2.06 bits per heavy atom. The monoisotopic (exact) mass is 302 g/mol. The van der Waals surface area contributed by atoms with Crippen molar-refractivity contribution < 1.29 is 5.11 Å². The van der Waals surface area contributed by atoms with Gasteiger partial charge in [0.05, 0.1) is 28.2 Å². The lowest BCUT2D eigenvalue weighted by Gasteiger charge is -2.18. The van der Waals surface area contributed by atoms with Crippen molar-refractivity contribution in [1.82, 2.24) is 4.98 Å². The lowest BCUT2D eigenvalue weighted by Crippen LogP contribution is -2.17. The molecule has 0 saturated carbocycles. The highest BCUT2D eigenvalue weighted by Crippen LogP contribution is 2.25. The molecule has 0 fully saturated rings. The molecule has 1 N–H and O–H groups in total. The average molecular weight is 303 g/mol. The minimum atomic E-state index is -0.161. The Morgan fingerprint density at radius 1 is 1.28 bits per heavy atom. The predicted octanol–water partition coefficient (Wildman–Crippen LogP) is 3.58. The predicted molar refractivity (Wildman–Crippen MR) is 76.6 cm³/mol. The molecule has 0 saturated heterocycles. The van der Waals surface area contributed by atoms with Gasteiger partial charge in [-0.1, -0.05) is 23.2 Å². The number of hydrogen-bond acceptors (Lipinski definition) is 4. The highest BCUT2D eigenvalue weighted by molar-refractivity contribution is 7.16. The van der Waals surface area contributed by atoms with E-state index in [-0.39, 0.29) is 6.61 Å². The molecule has 0 aliphatic heterocycles. The van der Waals surface area contributed by atoms with Gasteiger partial charge >= 0.3 is 0 Å². The lowest BCUT2D eigenvalue weighted by atomic mass is 10.3. The highest BCUT2D eigenvalue weighted by Gasteiger charge is 2.08. The number of thiophene rings is 1. The van der Waals surface area contributed by atoms with Crippen LogP contribution in [-0.2, 0) is 13.2 Å². The minimum Gasteiger partial charge on any atom is -0.390 e. The number of pyridine rings is 1. The molecule has 18 heavy (non-hydrogen) atoms. The van der Waals surface area contributed by atoms with Crippen LogP contribution in [0.5, 0.6) is 0 Å². The summed E-state index contributed by atoms with van der Waals surface area (Å²) in [6.07, 6.45) is 0. The summed E-state index contributed by atoms with van der Waals surface area (Å²) in [6, 6.07) is 7.44. The summed E-state index contributed by atoms with van der Waals surface area (Å²) in [5, 5.41) is 9.62. The van der Waals surface area contributed by atoms with E-state index in [9.17, 15) is 0 Å². The van der Waals surface area contributed by atoms with E-state index in [1.807, 2.05) is 30.1 Å². The SMILES string of the molecule is CN(Cc1ccc(Cl)s1)c1ccc(Cl)c(CO)n1. The van der Waals surface area contributed by atoms with E-state index in [0.717, 1.165) is 21.6 Å².